The number of rotatable bonds is 4. The van der Waals surface area contributed by atoms with Crippen molar-refractivity contribution in [1.82, 2.24) is 0 Å². The first kappa shape index (κ1) is 29.7. The van der Waals surface area contributed by atoms with Crippen molar-refractivity contribution < 1.29 is 14.1 Å². The van der Waals surface area contributed by atoms with Gasteiger partial charge in [0.05, 0.1) is 0 Å². The molecule has 3 nitrogen and oxygen atoms in total. The molecule has 1 aromatic heterocycles. The van der Waals surface area contributed by atoms with Crippen LogP contribution < -0.4 is 15.9 Å². The second kappa shape index (κ2) is 11.2. The molecular formula is C47H31O3P. The molecule has 4 heteroatoms. The minimum atomic E-state index is -3.53. The zero-order chi connectivity index (χ0) is 34.3. The van der Waals surface area contributed by atoms with E-state index in [0.717, 1.165) is 97.6 Å². The highest BCUT2D eigenvalue weighted by atomic mass is 31.2. The Morgan fingerprint density at radius 2 is 0.980 bits per heavy atom. The first-order chi connectivity index (χ1) is 25.0. The summed E-state index contributed by atoms with van der Waals surface area (Å²) in [5, 5.41) is 23.3. The van der Waals surface area contributed by atoms with Crippen LogP contribution in [0.15, 0.2) is 168 Å². The molecule has 0 aliphatic carbocycles. The summed E-state index contributed by atoms with van der Waals surface area (Å²) in [5.74, 6) is 0.239. The van der Waals surface area contributed by atoms with Crippen molar-refractivity contribution in [3.05, 3.63) is 169 Å². The van der Waals surface area contributed by atoms with Crippen molar-refractivity contribution in [2.45, 2.75) is 6.92 Å². The molecule has 0 aliphatic rings. The van der Waals surface area contributed by atoms with Gasteiger partial charge in [0.15, 0.2) is 7.14 Å². The number of aryl methyl sites for hydroxylation is 1. The van der Waals surface area contributed by atoms with E-state index in [1.807, 2.05) is 84.9 Å². The Morgan fingerprint density at radius 3 is 1.75 bits per heavy atom. The average molecular weight is 675 g/mol. The fraction of sp³-hybridized carbons (Fsp3) is 0.0213. The molecule has 0 bridgehead atoms. The van der Waals surface area contributed by atoms with Crippen LogP contribution in [0.4, 0.5) is 0 Å². The molecule has 51 heavy (non-hydrogen) atoms. The first-order valence-electron chi connectivity index (χ1n) is 17.2. The lowest BCUT2D eigenvalue weighted by atomic mass is 9.91. The van der Waals surface area contributed by atoms with E-state index in [4.69, 9.17) is 4.42 Å². The molecule has 1 heterocycles. The van der Waals surface area contributed by atoms with Gasteiger partial charge in [0, 0.05) is 32.1 Å². The maximum Gasteiger partial charge on any atom is 0.172 e. The summed E-state index contributed by atoms with van der Waals surface area (Å²) < 4.78 is 23.3. The Morgan fingerprint density at radius 1 is 0.451 bits per heavy atom. The van der Waals surface area contributed by atoms with Crippen LogP contribution in [0.2, 0.25) is 0 Å². The molecular weight excluding hydrogens is 643 g/mol. The monoisotopic (exact) mass is 674 g/mol. The molecule has 1 N–H and O–H groups in total. The van der Waals surface area contributed by atoms with Crippen molar-refractivity contribution in [2.75, 3.05) is 0 Å². The predicted molar refractivity (Wildman–Crippen MR) is 215 cm³/mol. The standard InChI is InChI=1S/C47H31O3P/c1-29-25-27-42(37-21-9-19-33(44(29)37)34-17-5-11-30-13-7-23-39(48)45(30)34)51(49,32-15-3-2-4-16-32)43-28-26-41-47-36(20-10-22-38(43)47)35-18-6-12-31-14-8-24-40(50-41)46(31)35/h2-28,48H,1H3. The number of aromatic hydroxyl groups is 1. The highest BCUT2D eigenvalue weighted by Crippen LogP contribution is 2.49. The molecule has 242 valence electrons. The van der Waals surface area contributed by atoms with Gasteiger partial charge in [-0.2, -0.15) is 0 Å². The molecule has 10 rings (SSSR count). The summed E-state index contributed by atoms with van der Waals surface area (Å²) in [7, 11) is -3.53. The van der Waals surface area contributed by atoms with Crippen molar-refractivity contribution >= 4 is 88.1 Å². The molecule has 0 saturated heterocycles. The zero-order valence-corrected chi connectivity index (χ0v) is 28.7. The van der Waals surface area contributed by atoms with Gasteiger partial charge >= 0.3 is 0 Å². The maximum atomic E-state index is 16.6. The fourth-order valence-electron chi connectivity index (χ4n) is 8.34. The minimum absolute atomic E-state index is 0.239. The topological polar surface area (TPSA) is 50.4 Å². The molecule has 0 fully saturated rings. The van der Waals surface area contributed by atoms with E-state index < -0.39 is 7.14 Å². The lowest BCUT2D eigenvalue weighted by Crippen LogP contribution is -2.26. The number of phenols is 1. The van der Waals surface area contributed by atoms with Gasteiger partial charge in [0.25, 0.3) is 0 Å². The van der Waals surface area contributed by atoms with Crippen LogP contribution in [0.3, 0.4) is 0 Å². The summed E-state index contributed by atoms with van der Waals surface area (Å²) in [6.07, 6.45) is 0. The number of hydrogen-bond acceptors (Lipinski definition) is 3. The van der Waals surface area contributed by atoms with Crippen LogP contribution in [0.25, 0.3) is 76.2 Å². The van der Waals surface area contributed by atoms with Crippen LogP contribution in [-0.2, 0) is 4.57 Å². The Labute approximate surface area is 294 Å². The van der Waals surface area contributed by atoms with Crippen LogP contribution in [-0.4, -0.2) is 5.11 Å². The van der Waals surface area contributed by atoms with Gasteiger partial charge in [-0.15, -0.1) is 0 Å². The highest BCUT2D eigenvalue weighted by Gasteiger charge is 2.34. The van der Waals surface area contributed by atoms with Crippen molar-refractivity contribution in [3.8, 4) is 16.9 Å². The molecule has 0 spiro atoms. The molecule has 0 amide bonds. The predicted octanol–water partition coefficient (Wildman–Crippen LogP) is 11.5. The molecule has 10 aromatic rings. The lowest BCUT2D eigenvalue weighted by Gasteiger charge is -2.25. The van der Waals surface area contributed by atoms with Crippen LogP contribution in [0.1, 0.15) is 5.56 Å². The van der Waals surface area contributed by atoms with Gasteiger partial charge < -0.3 is 14.1 Å². The van der Waals surface area contributed by atoms with E-state index in [-0.39, 0.29) is 5.75 Å². The summed E-state index contributed by atoms with van der Waals surface area (Å²) in [5.41, 5.74) is 4.57. The molecule has 1 atom stereocenters. The lowest BCUT2D eigenvalue weighted by molar-refractivity contribution is 0.482. The van der Waals surface area contributed by atoms with Crippen LogP contribution in [0.5, 0.6) is 5.75 Å². The smallest absolute Gasteiger partial charge is 0.172 e. The Kier molecular flexibility index (Phi) is 6.52. The quantitative estimate of drug-likeness (QED) is 0.189. The molecule has 0 radical (unpaired) electrons. The van der Waals surface area contributed by atoms with Gasteiger partial charge in [-0.05, 0) is 91.6 Å². The van der Waals surface area contributed by atoms with E-state index in [2.05, 4.69) is 79.7 Å². The minimum Gasteiger partial charge on any atom is -0.507 e. The Bertz CT molecular complexity index is 3070. The molecule has 0 aliphatic heterocycles. The van der Waals surface area contributed by atoms with E-state index in [0.29, 0.717) is 0 Å². The maximum absolute atomic E-state index is 16.6. The number of fused-ring (bicyclic) bond motifs is 3. The van der Waals surface area contributed by atoms with Crippen molar-refractivity contribution in [3.63, 3.8) is 0 Å². The largest absolute Gasteiger partial charge is 0.507 e. The van der Waals surface area contributed by atoms with E-state index >= 15 is 4.57 Å². The van der Waals surface area contributed by atoms with Crippen LogP contribution in [0, 0.1) is 6.92 Å². The SMILES string of the molecule is Cc1ccc(P(=O)(c2ccccc2)c2ccc3oc4cccc5cccc(c6cccc2c36)c54)c2cccc(-c3cccc4cccc(O)c34)c12. The summed E-state index contributed by atoms with van der Waals surface area (Å²) in [6, 6.07) is 54.9. The second-order valence-corrected chi connectivity index (χ2v) is 16.0. The summed E-state index contributed by atoms with van der Waals surface area (Å²) >= 11 is 0. The van der Waals surface area contributed by atoms with Gasteiger partial charge in [0.2, 0.25) is 0 Å². The van der Waals surface area contributed by atoms with Gasteiger partial charge in [0.1, 0.15) is 16.9 Å². The summed E-state index contributed by atoms with van der Waals surface area (Å²) in [4.78, 5) is 0. The van der Waals surface area contributed by atoms with Gasteiger partial charge in [-0.25, -0.2) is 0 Å². The van der Waals surface area contributed by atoms with E-state index in [1.54, 1.807) is 6.07 Å². The van der Waals surface area contributed by atoms with Gasteiger partial charge in [-0.3, -0.25) is 0 Å². The highest BCUT2D eigenvalue weighted by molar-refractivity contribution is 7.86. The summed E-state index contributed by atoms with van der Waals surface area (Å²) in [6.45, 7) is 2.11. The number of hydrogen-bond donors (Lipinski definition) is 1. The molecule has 1 unspecified atom stereocenters. The van der Waals surface area contributed by atoms with Crippen molar-refractivity contribution in [1.29, 1.82) is 0 Å². The fourth-order valence-corrected chi connectivity index (χ4v) is 11.4. The number of phenolic OH excluding ortho intramolecular Hbond substituents is 1. The third-order valence-corrected chi connectivity index (χ3v) is 13.7. The zero-order valence-electron chi connectivity index (χ0n) is 27.8. The Hall–Kier alpha value is -6.15. The average Bonchev–Trinajstić information content (AvgIpc) is 3.31. The van der Waals surface area contributed by atoms with Crippen molar-refractivity contribution in [2.24, 2.45) is 0 Å². The van der Waals surface area contributed by atoms with E-state index in [9.17, 15) is 5.11 Å². The Balaban J connectivity index is 1.33. The van der Waals surface area contributed by atoms with E-state index in [1.165, 1.54) is 0 Å². The van der Waals surface area contributed by atoms with Gasteiger partial charge in [-0.1, -0.05) is 133 Å². The first-order valence-corrected chi connectivity index (χ1v) is 18.9. The molecule has 0 saturated carbocycles. The third-order valence-electron chi connectivity index (χ3n) is 10.6. The van der Waals surface area contributed by atoms with Crippen LogP contribution >= 0.6 is 7.14 Å². The number of benzene rings is 9. The second-order valence-electron chi connectivity index (χ2n) is 13.3. The normalized spacial score (nSPS) is 13.1. The third kappa shape index (κ3) is 4.29. The molecule has 9 aromatic carbocycles.